The van der Waals surface area contributed by atoms with Gasteiger partial charge in [-0.25, -0.2) is 0 Å². The van der Waals surface area contributed by atoms with Crippen molar-refractivity contribution in [2.75, 3.05) is 6.54 Å². The molecule has 20 heavy (non-hydrogen) atoms. The number of rotatable bonds is 4. The molecule has 102 valence electrons. The highest BCUT2D eigenvalue weighted by Gasteiger charge is 2.10. The minimum absolute atomic E-state index is 0.216. The van der Waals surface area contributed by atoms with Crippen molar-refractivity contribution in [1.29, 1.82) is 0 Å². The van der Waals surface area contributed by atoms with Crippen molar-refractivity contribution in [3.8, 4) is 0 Å². The van der Waals surface area contributed by atoms with Gasteiger partial charge in [0.15, 0.2) is 11.4 Å². The first-order valence-corrected chi connectivity index (χ1v) is 6.37. The van der Waals surface area contributed by atoms with Gasteiger partial charge in [0.05, 0.1) is 0 Å². The highest BCUT2D eigenvalue weighted by Crippen LogP contribution is 2.06. The molecular weight excluding hydrogens is 256 g/mol. The largest absolute Gasteiger partial charge is 0.456 e. The second kappa shape index (κ2) is 5.16. The zero-order valence-corrected chi connectivity index (χ0v) is 11.0. The van der Waals surface area contributed by atoms with Crippen molar-refractivity contribution in [1.82, 2.24) is 19.9 Å². The van der Waals surface area contributed by atoms with E-state index in [9.17, 15) is 4.79 Å². The van der Waals surface area contributed by atoms with Crippen LogP contribution >= 0.6 is 0 Å². The molecule has 0 aliphatic carbocycles. The number of amides is 1. The Labute approximate surface area is 115 Å². The quantitative estimate of drug-likeness (QED) is 0.781. The molecule has 0 radical (unpaired) electrons. The number of carbonyl (C=O) groups excluding carboxylic acids is 1. The predicted octanol–water partition coefficient (Wildman–Crippen LogP) is 1.60. The van der Waals surface area contributed by atoms with E-state index < -0.39 is 0 Å². The molecule has 6 heteroatoms. The first-order chi connectivity index (χ1) is 9.74. The molecule has 0 fully saturated rings. The third-order valence-electron chi connectivity index (χ3n) is 2.98. The Morgan fingerprint density at radius 2 is 2.20 bits per heavy atom. The van der Waals surface area contributed by atoms with E-state index in [1.807, 2.05) is 28.8 Å². The molecule has 3 aromatic rings. The minimum atomic E-state index is -0.216. The minimum Gasteiger partial charge on any atom is -0.456 e. The molecule has 0 saturated heterocycles. The number of carbonyl (C=O) groups is 1. The van der Waals surface area contributed by atoms with Crippen LogP contribution < -0.4 is 5.32 Å². The number of hydrogen-bond acceptors (Lipinski definition) is 4. The fraction of sp³-hybridized carbons (Fsp3) is 0.214. The summed E-state index contributed by atoms with van der Waals surface area (Å²) in [5.74, 6) is 1.65. The van der Waals surface area contributed by atoms with Crippen LogP contribution in [0.2, 0.25) is 0 Å². The molecule has 3 rings (SSSR count). The third kappa shape index (κ3) is 2.40. The topological polar surface area (TPSA) is 72.4 Å². The first kappa shape index (κ1) is 12.4. The van der Waals surface area contributed by atoms with Crippen LogP contribution in [0.4, 0.5) is 0 Å². The van der Waals surface area contributed by atoms with Gasteiger partial charge in [-0.3, -0.25) is 9.20 Å². The molecule has 0 aliphatic rings. The lowest BCUT2D eigenvalue weighted by Gasteiger charge is -2.02. The van der Waals surface area contributed by atoms with E-state index in [1.165, 1.54) is 0 Å². The summed E-state index contributed by atoms with van der Waals surface area (Å²) in [5.41, 5.74) is 0.801. The summed E-state index contributed by atoms with van der Waals surface area (Å²) in [6.07, 6.45) is 2.51. The molecule has 0 aliphatic heterocycles. The number of hydrogen-bond donors (Lipinski definition) is 1. The summed E-state index contributed by atoms with van der Waals surface area (Å²) < 4.78 is 7.16. The second-order valence-electron chi connectivity index (χ2n) is 4.46. The Kier molecular flexibility index (Phi) is 3.20. The molecule has 0 spiro atoms. The SMILES string of the molecule is Cc1ccc(C(=O)NCCc2nnc3ccccn23)o1. The smallest absolute Gasteiger partial charge is 0.287 e. The van der Waals surface area contributed by atoms with Crippen molar-refractivity contribution in [2.24, 2.45) is 0 Å². The molecule has 0 unspecified atom stereocenters. The Balaban J connectivity index is 1.61. The molecule has 1 amide bonds. The summed E-state index contributed by atoms with van der Waals surface area (Å²) in [7, 11) is 0. The Morgan fingerprint density at radius 3 is 3.00 bits per heavy atom. The van der Waals surface area contributed by atoms with Crippen LogP contribution in [0, 0.1) is 6.92 Å². The summed E-state index contributed by atoms with van der Waals surface area (Å²) >= 11 is 0. The van der Waals surface area contributed by atoms with Gasteiger partial charge in [0.1, 0.15) is 11.6 Å². The number of aromatic nitrogens is 3. The lowest BCUT2D eigenvalue weighted by Crippen LogP contribution is -2.25. The summed E-state index contributed by atoms with van der Waals surface area (Å²) in [6, 6.07) is 9.15. The number of nitrogens with one attached hydrogen (secondary N) is 1. The van der Waals surface area contributed by atoms with Crippen LogP contribution in [-0.4, -0.2) is 27.0 Å². The zero-order chi connectivity index (χ0) is 13.9. The van der Waals surface area contributed by atoms with Crippen molar-refractivity contribution in [3.05, 3.63) is 53.9 Å². The van der Waals surface area contributed by atoms with E-state index in [0.29, 0.717) is 18.7 Å². The van der Waals surface area contributed by atoms with Gasteiger partial charge in [-0.15, -0.1) is 10.2 Å². The van der Waals surface area contributed by atoms with E-state index >= 15 is 0 Å². The van der Waals surface area contributed by atoms with Crippen LogP contribution in [0.5, 0.6) is 0 Å². The summed E-state index contributed by atoms with van der Waals surface area (Å²) in [5, 5.41) is 11.0. The Bertz CT molecular complexity index is 744. The number of nitrogens with zero attached hydrogens (tertiary/aromatic N) is 3. The molecule has 6 nitrogen and oxygen atoms in total. The predicted molar refractivity (Wildman–Crippen MR) is 72.5 cm³/mol. The van der Waals surface area contributed by atoms with Gasteiger partial charge in [0.25, 0.3) is 5.91 Å². The van der Waals surface area contributed by atoms with E-state index in [1.54, 1.807) is 19.1 Å². The van der Waals surface area contributed by atoms with E-state index in [-0.39, 0.29) is 5.91 Å². The van der Waals surface area contributed by atoms with Crippen LogP contribution in [0.1, 0.15) is 22.1 Å². The molecule has 3 aromatic heterocycles. The normalized spacial score (nSPS) is 10.8. The van der Waals surface area contributed by atoms with Crippen LogP contribution in [0.25, 0.3) is 5.65 Å². The molecule has 0 bridgehead atoms. The maximum Gasteiger partial charge on any atom is 0.287 e. The fourth-order valence-electron chi connectivity index (χ4n) is 1.99. The average molecular weight is 270 g/mol. The third-order valence-corrected chi connectivity index (χ3v) is 2.98. The van der Waals surface area contributed by atoms with Gasteiger partial charge >= 0.3 is 0 Å². The molecule has 0 atom stereocenters. The van der Waals surface area contributed by atoms with Crippen LogP contribution in [-0.2, 0) is 6.42 Å². The highest BCUT2D eigenvalue weighted by atomic mass is 16.3. The average Bonchev–Trinajstić information content (AvgIpc) is 3.06. The van der Waals surface area contributed by atoms with E-state index in [0.717, 1.165) is 17.2 Å². The standard InChI is InChI=1S/C14H14N4O2/c1-10-5-6-11(20-10)14(19)15-8-7-13-17-16-12-4-2-3-9-18(12)13/h2-6,9H,7-8H2,1H3,(H,15,19). The molecule has 0 aromatic carbocycles. The van der Waals surface area contributed by atoms with Crippen LogP contribution in [0.15, 0.2) is 40.9 Å². The maximum absolute atomic E-state index is 11.8. The second-order valence-corrected chi connectivity index (χ2v) is 4.46. The highest BCUT2D eigenvalue weighted by molar-refractivity contribution is 5.91. The van der Waals surface area contributed by atoms with Crippen molar-refractivity contribution < 1.29 is 9.21 Å². The Morgan fingerprint density at radius 1 is 1.30 bits per heavy atom. The lowest BCUT2D eigenvalue weighted by atomic mass is 10.3. The van der Waals surface area contributed by atoms with E-state index in [4.69, 9.17) is 4.42 Å². The van der Waals surface area contributed by atoms with Gasteiger partial charge in [-0.1, -0.05) is 6.07 Å². The maximum atomic E-state index is 11.8. The zero-order valence-electron chi connectivity index (χ0n) is 11.0. The van der Waals surface area contributed by atoms with Gasteiger partial charge < -0.3 is 9.73 Å². The lowest BCUT2D eigenvalue weighted by molar-refractivity contribution is 0.0925. The monoisotopic (exact) mass is 270 g/mol. The molecule has 0 saturated carbocycles. The molecule has 3 heterocycles. The van der Waals surface area contributed by atoms with Gasteiger partial charge in [0.2, 0.25) is 0 Å². The van der Waals surface area contributed by atoms with Gasteiger partial charge in [-0.05, 0) is 31.2 Å². The van der Waals surface area contributed by atoms with E-state index in [2.05, 4.69) is 15.5 Å². The van der Waals surface area contributed by atoms with Gasteiger partial charge in [0, 0.05) is 19.2 Å². The summed E-state index contributed by atoms with van der Waals surface area (Å²) in [4.78, 5) is 11.8. The van der Waals surface area contributed by atoms with Crippen LogP contribution in [0.3, 0.4) is 0 Å². The number of aryl methyl sites for hydroxylation is 1. The fourth-order valence-corrected chi connectivity index (χ4v) is 1.99. The van der Waals surface area contributed by atoms with Crippen molar-refractivity contribution in [2.45, 2.75) is 13.3 Å². The summed E-state index contributed by atoms with van der Waals surface area (Å²) in [6.45, 7) is 2.29. The Hall–Kier alpha value is -2.63. The number of furan rings is 1. The number of fused-ring (bicyclic) bond motifs is 1. The van der Waals surface area contributed by atoms with Crippen molar-refractivity contribution in [3.63, 3.8) is 0 Å². The first-order valence-electron chi connectivity index (χ1n) is 6.37. The van der Waals surface area contributed by atoms with Gasteiger partial charge in [-0.2, -0.15) is 0 Å². The molecular formula is C14H14N4O2. The van der Waals surface area contributed by atoms with Crippen molar-refractivity contribution >= 4 is 11.6 Å². The molecule has 1 N–H and O–H groups in total. The number of pyridine rings is 1.